The van der Waals surface area contributed by atoms with Crippen molar-refractivity contribution in [3.8, 4) is 0 Å². The van der Waals surface area contributed by atoms with Crippen molar-refractivity contribution in [3.05, 3.63) is 47.5 Å². The van der Waals surface area contributed by atoms with Gasteiger partial charge in [-0.15, -0.1) is 0 Å². The van der Waals surface area contributed by atoms with Gasteiger partial charge in [0, 0.05) is 11.4 Å². The molecule has 1 unspecified atom stereocenters. The van der Waals surface area contributed by atoms with Gasteiger partial charge in [-0.1, -0.05) is 23.7 Å². The van der Waals surface area contributed by atoms with Crippen LogP contribution in [0.1, 0.15) is 31.2 Å². The quantitative estimate of drug-likeness (QED) is 0.326. The second-order valence-corrected chi connectivity index (χ2v) is 10.1. The minimum absolute atomic E-state index is 0.0729. The van der Waals surface area contributed by atoms with E-state index in [2.05, 4.69) is 15.0 Å². The summed E-state index contributed by atoms with van der Waals surface area (Å²) in [5.74, 6) is 0.225. The van der Waals surface area contributed by atoms with Crippen LogP contribution in [0.2, 0.25) is 5.02 Å². The number of aromatic nitrogens is 4. The van der Waals surface area contributed by atoms with E-state index < -0.39 is 38.5 Å². The number of phosphoric acid groups is 1. The van der Waals surface area contributed by atoms with Gasteiger partial charge in [0.2, 0.25) is 0 Å². The van der Waals surface area contributed by atoms with E-state index in [1.54, 1.807) is 29.7 Å². The Balaban J connectivity index is 1.30. The molecule has 2 aliphatic heterocycles. The Bertz CT molecular complexity index is 1310. The maximum atomic E-state index is 13.3. The molecule has 36 heavy (non-hydrogen) atoms. The van der Waals surface area contributed by atoms with Crippen LogP contribution in [0.4, 0.5) is 10.6 Å². The normalized spacial score (nSPS) is 25.9. The lowest BCUT2D eigenvalue weighted by molar-refractivity contribution is -0.110. The molecular formula is C21H23ClN5O8P. The number of anilines is 1. The van der Waals surface area contributed by atoms with Crippen molar-refractivity contribution >= 4 is 42.6 Å². The van der Waals surface area contributed by atoms with E-state index in [1.807, 2.05) is 6.07 Å². The Morgan fingerprint density at radius 3 is 2.97 bits per heavy atom. The lowest BCUT2D eigenvalue weighted by Crippen LogP contribution is -2.37. The number of hydrogen-bond acceptors (Lipinski definition) is 12. The van der Waals surface area contributed by atoms with Crippen molar-refractivity contribution in [2.75, 3.05) is 25.6 Å². The minimum atomic E-state index is -3.97. The zero-order chi connectivity index (χ0) is 25.3. The fraction of sp³-hybridized carbons (Fsp3) is 0.429. The van der Waals surface area contributed by atoms with Crippen LogP contribution in [0.15, 0.2) is 36.9 Å². The molecule has 0 spiro atoms. The first kappa shape index (κ1) is 24.9. The van der Waals surface area contributed by atoms with Crippen molar-refractivity contribution in [1.29, 1.82) is 0 Å². The Labute approximate surface area is 210 Å². The first-order chi connectivity index (χ1) is 17.3. The highest BCUT2D eigenvalue weighted by atomic mass is 35.5. The largest absolute Gasteiger partial charge is 0.508 e. The molecule has 13 nitrogen and oxygen atoms in total. The van der Waals surface area contributed by atoms with Crippen molar-refractivity contribution < 1.29 is 37.1 Å². The molecule has 2 saturated heterocycles. The number of rotatable bonds is 8. The van der Waals surface area contributed by atoms with Crippen LogP contribution in [-0.4, -0.2) is 57.7 Å². The van der Waals surface area contributed by atoms with Crippen molar-refractivity contribution in [3.63, 3.8) is 0 Å². The van der Waals surface area contributed by atoms with Gasteiger partial charge in [0.25, 0.3) is 0 Å². The van der Waals surface area contributed by atoms with Gasteiger partial charge in [0.15, 0.2) is 17.6 Å². The molecule has 0 amide bonds. The van der Waals surface area contributed by atoms with Crippen molar-refractivity contribution in [2.45, 2.75) is 37.9 Å². The molecule has 2 fully saturated rings. The van der Waals surface area contributed by atoms with Crippen molar-refractivity contribution in [2.24, 2.45) is 0 Å². The molecule has 2 aromatic heterocycles. The molecule has 0 radical (unpaired) electrons. The van der Waals surface area contributed by atoms with Gasteiger partial charge in [-0.3, -0.25) is 18.1 Å². The zero-order valence-corrected chi connectivity index (χ0v) is 20.7. The average Bonchev–Trinajstić information content (AvgIpc) is 3.49. The fourth-order valence-electron chi connectivity index (χ4n) is 3.89. The average molecular weight is 540 g/mol. The highest BCUT2D eigenvalue weighted by Gasteiger charge is 2.41. The van der Waals surface area contributed by atoms with Gasteiger partial charge in [-0.2, -0.15) is 0 Å². The third-order valence-electron chi connectivity index (χ3n) is 5.68. The molecule has 2 aliphatic rings. The predicted molar refractivity (Wildman–Crippen MR) is 125 cm³/mol. The number of ether oxygens (including phenoxy) is 3. The van der Waals surface area contributed by atoms with Gasteiger partial charge in [-0.05, 0) is 24.6 Å². The summed E-state index contributed by atoms with van der Waals surface area (Å²) in [7, 11) is -3.97. The van der Waals surface area contributed by atoms with Crippen LogP contribution in [0.3, 0.4) is 0 Å². The first-order valence-electron chi connectivity index (χ1n) is 11.1. The van der Waals surface area contributed by atoms with Crippen LogP contribution in [0.5, 0.6) is 0 Å². The van der Waals surface area contributed by atoms with Crippen LogP contribution >= 0.6 is 19.4 Å². The smallest absolute Gasteiger partial charge is 0.430 e. The first-order valence-corrected chi connectivity index (χ1v) is 12.9. The number of nitrogens with zero attached hydrogens (tertiary/aromatic N) is 4. The van der Waals surface area contributed by atoms with Crippen LogP contribution in [0.25, 0.3) is 11.2 Å². The Morgan fingerprint density at radius 2 is 2.19 bits per heavy atom. The maximum absolute atomic E-state index is 13.3. The molecule has 192 valence electrons. The summed E-state index contributed by atoms with van der Waals surface area (Å²) in [6.45, 7) is 1.53. The number of imidazole rings is 1. The van der Waals surface area contributed by atoms with Gasteiger partial charge in [-0.25, -0.2) is 24.3 Å². The summed E-state index contributed by atoms with van der Waals surface area (Å²) in [5, 5.41) is 0.530. The summed E-state index contributed by atoms with van der Waals surface area (Å²) in [6.07, 6.45) is -0.468. The molecule has 2 N–H and O–H groups in total. The number of phosphoric ester groups is 1. The molecule has 0 aliphatic carbocycles. The van der Waals surface area contributed by atoms with Gasteiger partial charge >= 0.3 is 14.0 Å². The fourth-order valence-corrected chi connectivity index (χ4v) is 5.48. The second-order valence-electron chi connectivity index (χ2n) is 8.09. The van der Waals surface area contributed by atoms with E-state index >= 15 is 0 Å². The standard InChI is InChI=1S/C21H23ClN5O8P/c1-12(27-11-26-18-19(23)24-10-25-20(18)27)33-17(16-8-30-21(28)34-16)9-32-36(29)31-6-5-15(35-36)13-3-2-4-14(22)7-13/h2-4,7,10-12,15-17H,5-6,8-9H2,1H3,(H2,23,24,25)/t12-,15+,16+,17-,36?/m1/s1. The number of carbonyl (C=O) groups is 1. The molecular weight excluding hydrogens is 517 g/mol. The van der Waals surface area contributed by atoms with E-state index in [0.29, 0.717) is 22.6 Å². The number of fused-ring (bicyclic) bond motifs is 1. The molecule has 15 heteroatoms. The number of cyclic esters (lactones) is 2. The minimum Gasteiger partial charge on any atom is -0.430 e. The molecule has 5 atom stereocenters. The summed E-state index contributed by atoms with van der Waals surface area (Å²) >= 11 is 6.08. The van der Waals surface area contributed by atoms with Gasteiger partial charge in [0.1, 0.15) is 30.8 Å². The van der Waals surface area contributed by atoms with E-state index in [1.165, 1.54) is 12.7 Å². The Hall–Kier alpha value is -2.80. The number of halogens is 1. The van der Waals surface area contributed by atoms with Gasteiger partial charge in [0.05, 0.1) is 25.6 Å². The summed E-state index contributed by atoms with van der Waals surface area (Å²) in [5.41, 5.74) is 7.48. The van der Waals surface area contributed by atoms with E-state index in [-0.39, 0.29) is 25.6 Å². The third-order valence-corrected chi connectivity index (χ3v) is 7.39. The number of hydrogen-bond donors (Lipinski definition) is 1. The molecule has 4 heterocycles. The van der Waals surface area contributed by atoms with E-state index in [4.69, 9.17) is 45.1 Å². The molecule has 3 aromatic rings. The maximum Gasteiger partial charge on any atom is 0.508 e. The molecule has 1 aromatic carbocycles. The SMILES string of the molecule is C[C@@H](O[C@H](COP1(=O)OCC[C@@H](c2cccc(Cl)c2)O1)[C@@H]1COC(=O)O1)n1cnc2c(N)ncnc21. The lowest BCUT2D eigenvalue weighted by Gasteiger charge is -2.31. The Morgan fingerprint density at radius 1 is 1.33 bits per heavy atom. The van der Waals surface area contributed by atoms with Crippen LogP contribution < -0.4 is 5.73 Å². The topological polar surface area (TPSA) is 159 Å². The summed E-state index contributed by atoms with van der Waals surface area (Å²) < 4.78 is 47.8. The number of benzene rings is 1. The number of carbonyl (C=O) groups excluding carboxylic acids is 1. The number of nitrogen functional groups attached to an aromatic ring is 1. The van der Waals surface area contributed by atoms with E-state index in [9.17, 15) is 9.36 Å². The summed E-state index contributed by atoms with van der Waals surface area (Å²) in [4.78, 5) is 23.9. The molecule has 0 saturated carbocycles. The predicted octanol–water partition coefficient (Wildman–Crippen LogP) is 3.80. The van der Waals surface area contributed by atoms with Crippen LogP contribution in [-0.2, 0) is 32.3 Å². The van der Waals surface area contributed by atoms with E-state index in [0.717, 1.165) is 5.56 Å². The van der Waals surface area contributed by atoms with Crippen LogP contribution in [0, 0.1) is 0 Å². The second kappa shape index (κ2) is 10.3. The monoisotopic (exact) mass is 539 g/mol. The Kier molecular flexibility index (Phi) is 7.11. The zero-order valence-electron chi connectivity index (χ0n) is 19.1. The molecule has 5 rings (SSSR count). The lowest BCUT2D eigenvalue weighted by atomic mass is 10.1. The van der Waals surface area contributed by atoms with Gasteiger partial charge < -0.3 is 19.9 Å². The summed E-state index contributed by atoms with van der Waals surface area (Å²) in [6, 6.07) is 7.07. The molecule has 0 bridgehead atoms. The van der Waals surface area contributed by atoms with Crippen molar-refractivity contribution in [1.82, 2.24) is 19.5 Å². The highest BCUT2D eigenvalue weighted by Crippen LogP contribution is 2.57. The third kappa shape index (κ3) is 5.31. The highest BCUT2D eigenvalue weighted by molar-refractivity contribution is 7.48. The number of nitrogens with two attached hydrogens (primary N) is 1.